The first-order chi connectivity index (χ1) is 20.7. The van der Waals surface area contributed by atoms with Crippen LogP contribution in [-0.2, 0) is 30.4 Å². The Morgan fingerprint density at radius 1 is 1.02 bits per heavy atom. The maximum atomic E-state index is 13.9. The normalized spacial score (nSPS) is 19.4. The minimum Gasteiger partial charge on any atom is -0.480 e. The van der Waals surface area contributed by atoms with E-state index in [1.54, 1.807) is 53.4 Å². The highest BCUT2D eigenvalue weighted by atomic mass is 16.6. The number of benzene rings is 1. The van der Waals surface area contributed by atoms with Gasteiger partial charge in [0.2, 0.25) is 5.91 Å². The van der Waals surface area contributed by atoms with Crippen LogP contribution in [0.5, 0.6) is 0 Å². The molecule has 1 fully saturated rings. The number of carboxylic acid groups (broad SMARTS) is 1. The number of hydrogen-bond acceptors (Lipinski definition) is 7. The average molecular weight is 634 g/mol. The molecule has 1 aliphatic heterocycles. The third-order valence-electron chi connectivity index (χ3n) is 7.50. The van der Waals surface area contributed by atoms with Crippen molar-refractivity contribution < 1.29 is 38.5 Å². The molecule has 11 nitrogen and oxygen atoms in total. The minimum atomic E-state index is -1.16. The van der Waals surface area contributed by atoms with Gasteiger partial charge in [-0.15, -0.1) is 0 Å². The SMILES string of the molecule is CC(C)CC1C(CN(C(=O)OCc2ccccc2)[C@@H](CC(C)C)C(=O)N[C@@H](C(=O)O)C(C)C)OC(C)(C)N1C(=O)OC(C)(C)C. The zero-order valence-electron chi connectivity index (χ0n) is 29.0. The number of aliphatic carboxylic acids is 1. The fourth-order valence-corrected chi connectivity index (χ4v) is 5.55. The van der Waals surface area contributed by atoms with Gasteiger partial charge in [-0.2, -0.15) is 0 Å². The van der Waals surface area contributed by atoms with Crippen LogP contribution in [0.3, 0.4) is 0 Å². The summed E-state index contributed by atoms with van der Waals surface area (Å²) >= 11 is 0. The van der Waals surface area contributed by atoms with Crippen LogP contribution in [0.15, 0.2) is 30.3 Å². The van der Waals surface area contributed by atoms with Gasteiger partial charge >= 0.3 is 18.2 Å². The predicted molar refractivity (Wildman–Crippen MR) is 171 cm³/mol. The molecule has 2 N–H and O–H groups in total. The zero-order chi connectivity index (χ0) is 34.3. The van der Waals surface area contributed by atoms with E-state index in [1.165, 1.54) is 4.90 Å². The number of rotatable bonds is 13. The molecular weight excluding hydrogens is 578 g/mol. The quantitative estimate of drug-likeness (QED) is 0.268. The van der Waals surface area contributed by atoms with E-state index in [9.17, 15) is 24.3 Å². The molecule has 1 saturated heterocycles. The van der Waals surface area contributed by atoms with Crippen LogP contribution in [0.25, 0.3) is 0 Å². The van der Waals surface area contributed by atoms with E-state index in [-0.39, 0.29) is 37.3 Å². The first kappa shape index (κ1) is 37.8. The molecule has 2 rings (SSSR count). The van der Waals surface area contributed by atoms with Crippen molar-refractivity contribution in [2.45, 2.75) is 131 Å². The fourth-order valence-electron chi connectivity index (χ4n) is 5.55. The summed E-state index contributed by atoms with van der Waals surface area (Å²) in [5.74, 6) is -2.01. The van der Waals surface area contributed by atoms with Gasteiger partial charge in [0.15, 0.2) is 0 Å². The summed E-state index contributed by atoms with van der Waals surface area (Å²) in [6.07, 6.45) is -1.16. The van der Waals surface area contributed by atoms with Crippen LogP contribution >= 0.6 is 0 Å². The lowest BCUT2D eigenvalue weighted by Crippen LogP contribution is -2.57. The standard InChI is InChI=1S/C34H55N3O8/c1-21(2)17-25-27(44-34(10,11)37(25)32(42)45-33(7,8)9)19-36(31(41)43-20-24-15-13-12-14-16-24)26(18-22(3)4)29(38)35-28(23(5)6)30(39)40/h12-16,21-23,25-28H,17-20H2,1-11H3,(H,35,38)(H,39,40)/t25?,26-,27?,28+/m0/s1. The summed E-state index contributed by atoms with van der Waals surface area (Å²) in [7, 11) is 0. The first-order valence-electron chi connectivity index (χ1n) is 15.9. The number of carbonyl (C=O) groups excluding carboxylic acids is 3. The third kappa shape index (κ3) is 11.2. The lowest BCUT2D eigenvalue weighted by Gasteiger charge is -2.36. The van der Waals surface area contributed by atoms with Gasteiger partial charge in [-0.3, -0.25) is 14.6 Å². The fraction of sp³-hybridized carbons (Fsp3) is 0.706. The summed E-state index contributed by atoms with van der Waals surface area (Å²) < 4.78 is 18.0. The molecule has 0 spiro atoms. The Morgan fingerprint density at radius 3 is 2.11 bits per heavy atom. The van der Waals surface area contributed by atoms with E-state index in [4.69, 9.17) is 14.2 Å². The summed E-state index contributed by atoms with van der Waals surface area (Å²) in [5.41, 5.74) is -1.04. The lowest BCUT2D eigenvalue weighted by atomic mass is 9.96. The van der Waals surface area contributed by atoms with Gasteiger partial charge in [0.1, 0.15) is 30.0 Å². The number of carbonyl (C=O) groups is 4. The maximum Gasteiger partial charge on any atom is 0.412 e. The van der Waals surface area contributed by atoms with Crippen LogP contribution in [0.4, 0.5) is 9.59 Å². The highest BCUT2D eigenvalue weighted by Gasteiger charge is 2.52. The average Bonchev–Trinajstić information content (AvgIpc) is 3.14. The van der Waals surface area contributed by atoms with Crippen LogP contribution in [0, 0.1) is 17.8 Å². The Hall–Kier alpha value is -3.34. The molecule has 0 radical (unpaired) electrons. The molecule has 0 aromatic heterocycles. The van der Waals surface area contributed by atoms with Crippen molar-refractivity contribution in [3.05, 3.63) is 35.9 Å². The minimum absolute atomic E-state index is 0.0214. The highest BCUT2D eigenvalue weighted by Crippen LogP contribution is 2.37. The van der Waals surface area contributed by atoms with Crippen LogP contribution in [-0.4, -0.2) is 81.1 Å². The molecule has 1 heterocycles. The largest absolute Gasteiger partial charge is 0.480 e. The molecule has 4 atom stereocenters. The predicted octanol–water partition coefficient (Wildman–Crippen LogP) is 6.05. The Labute approximate surface area is 268 Å². The smallest absolute Gasteiger partial charge is 0.412 e. The highest BCUT2D eigenvalue weighted by molar-refractivity contribution is 5.89. The number of ether oxygens (including phenoxy) is 3. The molecule has 1 aromatic carbocycles. The van der Waals surface area contributed by atoms with Gasteiger partial charge < -0.3 is 24.6 Å². The second-order valence-corrected chi connectivity index (χ2v) is 14.6. The van der Waals surface area contributed by atoms with Gasteiger partial charge in [0.05, 0.1) is 18.7 Å². The van der Waals surface area contributed by atoms with E-state index in [1.807, 2.05) is 58.0 Å². The van der Waals surface area contributed by atoms with Crippen LogP contribution < -0.4 is 5.32 Å². The van der Waals surface area contributed by atoms with Gasteiger partial charge in [-0.1, -0.05) is 71.9 Å². The molecular formula is C34H55N3O8. The molecule has 1 aromatic rings. The monoisotopic (exact) mass is 633 g/mol. The van der Waals surface area contributed by atoms with Crippen molar-refractivity contribution in [3.63, 3.8) is 0 Å². The number of carboxylic acids is 1. The van der Waals surface area contributed by atoms with Gasteiger partial charge in [0.25, 0.3) is 0 Å². The van der Waals surface area contributed by atoms with Gasteiger partial charge in [0, 0.05) is 0 Å². The van der Waals surface area contributed by atoms with Crippen molar-refractivity contribution in [1.82, 2.24) is 15.1 Å². The molecule has 0 aliphatic carbocycles. The van der Waals surface area contributed by atoms with Crippen molar-refractivity contribution in [3.8, 4) is 0 Å². The summed E-state index contributed by atoms with van der Waals surface area (Å²) in [4.78, 5) is 56.2. The number of nitrogens with zero attached hydrogens (tertiary/aromatic N) is 2. The number of nitrogens with one attached hydrogen (secondary N) is 1. The topological polar surface area (TPSA) is 135 Å². The van der Waals surface area contributed by atoms with E-state index in [0.29, 0.717) is 6.42 Å². The molecule has 2 unspecified atom stereocenters. The van der Waals surface area contributed by atoms with Crippen molar-refractivity contribution in [2.75, 3.05) is 6.54 Å². The first-order valence-corrected chi connectivity index (χ1v) is 15.9. The Balaban J connectivity index is 2.56. The molecule has 254 valence electrons. The Kier molecular flexibility index (Phi) is 13.3. The van der Waals surface area contributed by atoms with E-state index in [2.05, 4.69) is 5.32 Å². The summed E-state index contributed by atoms with van der Waals surface area (Å²) in [6.45, 7) is 20.2. The Morgan fingerprint density at radius 2 is 1.62 bits per heavy atom. The van der Waals surface area contributed by atoms with Crippen LogP contribution in [0.1, 0.15) is 94.6 Å². The zero-order valence-corrected chi connectivity index (χ0v) is 29.0. The number of amides is 3. The number of hydrogen-bond donors (Lipinski definition) is 2. The third-order valence-corrected chi connectivity index (χ3v) is 7.50. The van der Waals surface area contributed by atoms with Crippen molar-refractivity contribution in [2.24, 2.45) is 17.8 Å². The molecule has 0 saturated carbocycles. The molecule has 3 amide bonds. The molecule has 1 aliphatic rings. The molecule has 11 heteroatoms. The van der Waals surface area contributed by atoms with Crippen molar-refractivity contribution in [1.29, 1.82) is 0 Å². The van der Waals surface area contributed by atoms with E-state index >= 15 is 0 Å². The van der Waals surface area contributed by atoms with Gasteiger partial charge in [-0.05, 0) is 70.8 Å². The summed E-state index contributed by atoms with van der Waals surface area (Å²) in [5, 5.41) is 12.4. The second kappa shape index (κ2) is 15.8. The Bertz CT molecular complexity index is 1150. The molecule has 0 bridgehead atoms. The maximum absolute atomic E-state index is 13.9. The van der Waals surface area contributed by atoms with E-state index < -0.39 is 59.6 Å². The van der Waals surface area contributed by atoms with Crippen LogP contribution in [0.2, 0.25) is 0 Å². The summed E-state index contributed by atoms with van der Waals surface area (Å²) in [6, 6.07) is 6.51. The molecule has 45 heavy (non-hydrogen) atoms. The van der Waals surface area contributed by atoms with Gasteiger partial charge in [-0.25, -0.2) is 14.4 Å². The second-order valence-electron chi connectivity index (χ2n) is 14.6. The lowest BCUT2D eigenvalue weighted by molar-refractivity contribution is -0.144. The van der Waals surface area contributed by atoms with E-state index in [0.717, 1.165) is 5.56 Å². The van der Waals surface area contributed by atoms with Crippen molar-refractivity contribution >= 4 is 24.1 Å².